The smallest absolute Gasteiger partial charge is 0.169 e. The Morgan fingerprint density at radius 3 is 2.60 bits per heavy atom. The average Bonchev–Trinajstić information content (AvgIpc) is 2.75. The molecule has 4 rings (SSSR count). The van der Waals surface area contributed by atoms with Crippen LogP contribution in [0.1, 0.15) is 17.2 Å². The van der Waals surface area contributed by atoms with Crippen molar-refractivity contribution in [2.45, 2.75) is 6.04 Å². The van der Waals surface area contributed by atoms with Gasteiger partial charge in [0, 0.05) is 39.5 Å². The zero-order valence-corrected chi connectivity index (χ0v) is 18.0. The molecular weight excluding hydrogens is 445 g/mol. The lowest BCUT2D eigenvalue weighted by molar-refractivity contribution is 0.414. The molecule has 0 aliphatic carbocycles. The molecular formula is C22H16Cl3N3O2. The fourth-order valence-electron chi connectivity index (χ4n) is 3.26. The van der Waals surface area contributed by atoms with E-state index < -0.39 is 6.04 Å². The maximum atomic E-state index is 11.0. The van der Waals surface area contributed by atoms with E-state index in [0.29, 0.717) is 43.3 Å². The summed E-state index contributed by atoms with van der Waals surface area (Å²) in [5, 5.41) is 16.6. The van der Waals surface area contributed by atoms with Gasteiger partial charge in [0.2, 0.25) is 0 Å². The number of nitrogens with one attached hydrogen (secondary N) is 1. The number of hydrogen-bond donors (Lipinski definition) is 2. The molecule has 1 atom stereocenters. The number of anilines is 1. The highest BCUT2D eigenvalue weighted by Gasteiger charge is 2.24. The van der Waals surface area contributed by atoms with Crippen molar-refractivity contribution >= 4 is 51.5 Å². The van der Waals surface area contributed by atoms with E-state index in [0.717, 1.165) is 5.39 Å². The van der Waals surface area contributed by atoms with E-state index in [2.05, 4.69) is 15.3 Å². The fourth-order valence-corrected chi connectivity index (χ4v) is 3.81. The molecule has 0 spiro atoms. The van der Waals surface area contributed by atoms with Gasteiger partial charge in [-0.3, -0.25) is 4.98 Å². The van der Waals surface area contributed by atoms with Gasteiger partial charge < -0.3 is 15.2 Å². The first-order chi connectivity index (χ1) is 14.5. The summed E-state index contributed by atoms with van der Waals surface area (Å²) in [7, 11) is 1.53. The number of aromatic hydroxyl groups is 1. The Bertz CT molecular complexity index is 1230. The second kappa shape index (κ2) is 8.56. The molecule has 152 valence electrons. The number of methoxy groups -OCH3 is 1. The molecule has 0 amide bonds. The zero-order valence-electron chi connectivity index (χ0n) is 15.7. The third-order valence-corrected chi connectivity index (χ3v) is 5.47. The van der Waals surface area contributed by atoms with Crippen molar-refractivity contribution in [3.05, 3.63) is 87.1 Å². The number of nitrogens with zero attached hydrogens (tertiary/aromatic N) is 2. The summed E-state index contributed by atoms with van der Waals surface area (Å²) < 4.78 is 5.41. The number of fused-ring (bicyclic) bond motifs is 1. The molecule has 1 unspecified atom stereocenters. The second-order valence-electron chi connectivity index (χ2n) is 6.53. The highest BCUT2D eigenvalue weighted by Crippen LogP contribution is 2.40. The van der Waals surface area contributed by atoms with Gasteiger partial charge in [0.15, 0.2) is 11.6 Å². The zero-order chi connectivity index (χ0) is 21.3. The van der Waals surface area contributed by atoms with Gasteiger partial charge in [-0.25, -0.2) is 4.98 Å². The summed E-state index contributed by atoms with van der Waals surface area (Å²) in [6.45, 7) is 0. The van der Waals surface area contributed by atoms with Crippen LogP contribution in [0.2, 0.25) is 15.1 Å². The quantitative estimate of drug-likeness (QED) is 0.355. The SMILES string of the molecule is COc1cc(Cl)cnc1NC(c1cc(Cl)ccc1Cl)c1ccc2cccnc2c1O. The Balaban J connectivity index is 1.91. The van der Waals surface area contributed by atoms with E-state index in [1.807, 2.05) is 24.3 Å². The normalized spacial score (nSPS) is 12.0. The topological polar surface area (TPSA) is 67.3 Å². The summed E-state index contributed by atoms with van der Waals surface area (Å²) in [4.78, 5) is 8.66. The predicted octanol–water partition coefficient (Wildman–Crippen LogP) is 6.51. The summed E-state index contributed by atoms with van der Waals surface area (Å²) in [5.41, 5.74) is 1.70. The highest BCUT2D eigenvalue weighted by molar-refractivity contribution is 6.33. The molecule has 0 fully saturated rings. The number of phenols is 1. The van der Waals surface area contributed by atoms with Gasteiger partial charge in [-0.15, -0.1) is 0 Å². The van der Waals surface area contributed by atoms with Crippen molar-refractivity contribution in [2.24, 2.45) is 0 Å². The molecule has 0 saturated carbocycles. The molecule has 0 saturated heterocycles. The number of rotatable bonds is 5. The Hall–Kier alpha value is -2.73. The lowest BCUT2D eigenvalue weighted by Gasteiger charge is -2.24. The number of ether oxygens (including phenoxy) is 1. The number of pyridine rings is 2. The molecule has 30 heavy (non-hydrogen) atoms. The van der Waals surface area contributed by atoms with Crippen molar-refractivity contribution in [3.8, 4) is 11.5 Å². The largest absolute Gasteiger partial charge is 0.505 e. The number of phenolic OH excluding ortho intramolecular Hbond substituents is 1. The Morgan fingerprint density at radius 2 is 1.80 bits per heavy atom. The summed E-state index contributed by atoms with van der Waals surface area (Å²) in [6, 6.07) is 13.6. The van der Waals surface area contributed by atoms with Crippen LogP contribution in [-0.4, -0.2) is 22.2 Å². The Labute approximate surface area is 188 Å². The molecule has 8 heteroatoms. The van der Waals surface area contributed by atoms with E-state index in [1.165, 1.54) is 13.3 Å². The van der Waals surface area contributed by atoms with Crippen molar-refractivity contribution in [2.75, 3.05) is 12.4 Å². The van der Waals surface area contributed by atoms with Crippen molar-refractivity contribution in [3.63, 3.8) is 0 Å². The first kappa shape index (κ1) is 20.5. The van der Waals surface area contributed by atoms with Crippen LogP contribution in [0, 0.1) is 0 Å². The van der Waals surface area contributed by atoms with Crippen LogP contribution < -0.4 is 10.1 Å². The third-order valence-electron chi connectivity index (χ3n) is 4.68. The van der Waals surface area contributed by atoms with Crippen LogP contribution in [0.15, 0.2) is 60.9 Å². The van der Waals surface area contributed by atoms with Crippen LogP contribution in [-0.2, 0) is 0 Å². The molecule has 2 aromatic carbocycles. The second-order valence-corrected chi connectivity index (χ2v) is 7.81. The first-order valence-electron chi connectivity index (χ1n) is 8.95. The molecule has 0 bridgehead atoms. The van der Waals surface area contributed by atoms with Crippen molar-refractivity contribution in [1.82, 2.24) is 9.97 Å². The lowest BCUT2D eigenvalue weighted by atomic mass is 9.96. The standard InChI is InChI=1S/C22H16Cl3N3O2/c1-30-18-10-14(24)11-27-22(18)28-20(16-9-13(23)5-7-17(16)25)15-6-4-12-3-2-8-26-19(12)21(15)29/h2-11,20,29H,1H3,(H,27,28). The van der Waals surface area contributed by atoms with Gasteiger partial charge in [0.25, 0.3) is 0 Å². The maximum Gasteiger partial charge on any atom is 0.169 e. The summed E-state index contributed by atoms with van der Waals surface area (Å²) in [6.07, 6.45) is 3.13. The maximum absolute atomic E-state index is 11.0. The molecule has 0 radical (unpaired) electrons. The number of halogens is 3. The minimum Gasteiger partial charge on any atom is -0.505 e. The predicted molar refractivity (Wildman–Crippen MR) is 121 cm³/mol. The molecule has 0 aliphatic heterocycles. The van der Waals surface area contributed by atoms with Crippen LogP contribution in [0.5, 0.6) is 11.5 Å². The van der Waals surface area contributed by atoms with E-state index >= 15 is 0 Å². The number of aromatic nitrogens is 2. The minimum absolute atomic E-state index is 0.0366. The van der Waals surface area contributed by atoms with E-state index in [9.17, 15) is 5.11 Å². The first-order valence-corrected chi connectivity index (χ1v) is 10.1. The molecule has 2 aromatic heterocycles. The van der Waals surface area contributed by atoms with Crippen molar-refractivity contribution in [1.29, 1.82) is 0 Å². The minimum atomic E-state index is -0.592. The average molecular weight is 461 g/mol. The molecule has 4 aromatic rings. The highest BCUT2D eigenvalue weighted by atomic mass is 35.5. The van der Waals surface area contributed by atoms with Crippen LogP contribution in [0.3, 0.4) is 0 Å². The molecule has 0 aliphatic rings. The van der Waals surface area contributed by atoms with Gasteiger partial charge in [-0.2, -0.15) is 0 Å². The fraction of sp³-hybridized carbons (Fsp3) is 0.0909. The number of hydrogen-bond acceptors (Lipinski definition) is 5. The van der Waals surface area contributed by atoms with Crippen LogP contribution >= 0.6 is 34.8 Å². The Kier molecular flexibility index (Phi) is 5.86. The Morgan fingerprint density at radius 1 is 0.967 bits per heavy atom. The van der Waals surface area contributed by atoms with Crippen LogP contribution in [0.4, 0.5) is 5.82 Å². The third kappa shape index (κ3) is 3.97. The van der Waals surface area contributed by atoms with Crippen molar-refractivity contribution < 1.29 is 9.84 Å². The van der Waals surface area contributed by atoms with E-state index in [1.54, 1.807) is 30.5 Å². The summed E-state index contributed by atoms with van der Waals surface area (Å²) in [5.74, 6) is 0.919. The van der Waals surface area contributed by atoms with Gasteiger partial charge >= 0.3 is 0 Å². The van der Waals surface area contributed by atoms with Gasteiger partial charge in [-0.05, 0) is 29.8 Å². The number of benzene rings is 2. The van der Waals surface area contributed by atoms with Gasteiger partial charge in [0.1, 0.15) is 11.3 Å². The molecule has 2 heterocycles. The summed E-state index contributed by atoms with van der Waals surface area (Å²) >= 11 is 18.8. The molecule has 5 nitrogen and oxygen atoms in total. The van der Waals surface area contributed by atoms with E-state index in [-0.39, 0.29) is 5.75 Å². The van der Waals surface area contributed by atoms with E-state index in [4.69, 9.17) is 39.5 Å². The monoisotopic (exact) mass is 459 g/mol. The molecule has 2 N–H and O–H groups in total. The van der Waals surface area contributed by atoms with Gasteiger partial charge in [0.05, 0.1) is 18.2 Å². The van der Waals surface area contributed by atoms with Crippen LogP contribution in [0.25, 0.3) is 10.9 Å². The lowest BCUT2D eigenvalue weighted by Crippen LogP contribution is -2.15. The van der Waals surface area contributed by atoms with Gasteiger partial charge in [-0.1, -0.05) is 53.0 Å².